The zero-order valence-corrected chi connectivity index (χ0v) is 17.5. The number of nitrogens with zero attached hydrogens (tertiary/aromatic N) is 3. The molecular formula is C24H31FN4O. The van der Waals surface area contributed by atoms with E-state index < -0.39 is 0 Å². The van der Waals surface area contributed by atoms with E-state index in [1.807, 2.05) is 18.2 Å². The van der Waals surface area contributed by atoms with Gasteiger partial charge in [0.05, 0.1) is 5.92 Å². The summed E-state index contributed by atoms with van der Waals surface area (Å²) in [4.78, 5) is 21.7. The number of benzene rings is 1. The lowest BCUT2D eigenvalue weighted by Gasteiger charge is -2.42. The van der Waals surface area contributed by atoms with Crippen molar-refractivity contribution in [2.45, 2.75) is 44.8 Å². The summed E-state index contributed by atoms with van der Waals surface area (Å²) in [7, 11) is 0. The van der Waals surface area contributed by atoms with Crippen LogP contribution in [0.5, 0.6) is 0 Å². The van der Waals surface area contributed by atoms with Gasteiger partial charge in [-0.1, -0.05) is 18.2 Å². The van der Waals surface area contributed by atoms with E-state index >= 15 is 0 Å². The predicted octanol–water partition coefficient (Wildman–Crippen LogP) is 3.21. The molecule has 2 fully saturated rings. The van der Waals surface area contributed by atoms with Gasteiger partial charge in [0.2, 0.25) is 5.91 Å². The lowest BCUT2D eigenvalue weighted by molar-refractivity contribution is -0.127. The highest BCUT2D eigenvalue weighted by Gasteiger charge is 2.31. The fourth-order valence-electron chi connectivity index (χ4n) is 4.72. The Morgan fingerprint density at radius 3 is 2.70 bits per heavy atom. The van der Waals surface area contributed by atoms with Crippen LogP contribution < -0.4 is 5.32 Å². The largest absolute Gasteiger partial charge is 0.352 e. The van der Waals surface area contributed by atoms with Gasteiger partial charge in [0, 0.05) is 38.1 Å². The van der Waals surface area contributed by atoms with Gasteiger partial charge < -0.3 is 5.32 Å². The summed E-state index contributed by atoms with van der Waals surface area (Å²) in [5.74, 6) is 0.0661. The molecule has 5 nitrogen and oxygen atoms in total. The Morgan fingerprint density at radius 1 is 1.10 bits per heavy atom. The molecule has 2 aliphatic rings. The van der Waals surface area contributed by atoms with Crippen molar-refractivity contribution < 1.29 is 9.18 Å². The Hall–Kier alpha value is -2.31. The molecular weight excluding hydrogens is 379 g/mol. The number of nitrogens with one attached hydrogen (secondary N) is 1. The SMILES string of the molecule is O=C(NCc1cccnc1)[C@@H]1CCCN(C2CCN(Cc3cccc(F)c3)CC2)C1. The summed E-state index contributed by atoms with van der Waals surface area (Å²) in [6.45, 7) is 5.34. The van der Waals surface area contributed by atoms with E-state index in [4.69, 9.17) is 0 Å². The van der Waals surface area contributed by atoms with E-state index in [9.17, 15) is 9.18 Å². The summed E-state index contributed by atoms with van der Waals surface area (Å²) in [5, 5.41) is 3.09. The molecule has 1 N–H and O–H groups in total. The van der Waals surface area contributed by atoms with Gasteiger partial charge in [-0.25, -0.2) is 4.39 Å². The van der Waals surface area contributed by atoms with Crippen molar-refractivity contribution in [1.29, 1.82) is 0 Å². The molecule has 4 rings (SSSR count). The lowest BCUT2D eigenvalue weighted by atomic mass is 9.93. The van der Waals surface area contributed by atoms with Crippen LogP contribution in [0.25, 0.3) is 0 Å². The number of pyridine rings is 1. The molecule has 2 aromatic rings. The van der Waals surface area contributed by atoms with Crippen molar-refractivity contribution in [3.63, 3.8) is 0 Å². The average molecular weight is 411 g/mol. The van der Waals surface area contributed by atoms with Gasteiger partial charge in [0.25, 0.3) is 0 Å². The molecule has 0 bridgehead atoms. The highest BCUT2D eigenvalue weighted by atomic mass is 19.1. The molecule has 160 valence electrons. The Labute approximate surface area is 178 Å². The van der Waals surface area contributed by atoms with E-state index in [2.05, 4.69) is 20.1 Å². The molecule has 3 heterocycles. The summed E-state index contributed by atoms with van der Waals surface area (Å²) in [6, 6.07) is 11.3. The Balaban J connectivity index is 1.23. The molecule has 0 spiro atoms. The van der Waals surface area contributed by atoms with Crippen LogP contribution in [0.4, 0.5) is 4.39 Å². The van der Waals surface area contributed by atoms with Gasteiger partial charge in [-0.3, -0.25) is 19.6 Å². The number of amides is 1. The number of hydrogen-bond acceptors (Lipinski definition) is 4. The first-order valence-corrected chi connectivity index (χ1v) is 11.0. The highest BCUT2D eigenvalue weighted by Crippen LogP contribution is 2.25. The van der Waals surface area contributed by atoms with Crippen LogP contribution in [0.1, 0.15) is 36.8 Å². The van der Waals surface area contributed by atoms with E-state index in [-0.39, 0.29) is 17.6 Å². The molecule has 0 aliphatic carbocycles. The minimum atomic E-state index is -0.163. The molecule has 2 saturated heterocycles. The second-order valence-corrected chi connectivity index (χ2v) is 8.55. The lowest BCUT2D eigenvalue weighted by Crippen LogP contribution is -2.50. The standard InChI is InChI=1S/C24H31FN4O/c25-22-7-1-4-19(14-22)17-28-12-8-23(9-13-28)29-11-3-6-21(18-29)24(30)27-16-20-5-2-10-26-15-20/h1-2,4-5,7,10,14-15,21,23H,3,6,8-9,11-13,16-18H2,(H,27,30)/t21-/m1/s1. The molecule has 0 unspecified atom stereocenters. The van der Waals surface area contributed by atoms with Crippen LogP contribution in [0.2, 0.25) is 0 Å². The molecule has 1 amide bonds. The van der Waals surface area contributed by atoms with E-state index in [0.717, 1.165) is 69.5 Å². The van der Waals surface area contributed by atoms with Crippen LogP contribution in [0, 0.1) is 11.7 Å². The molecule has 1 aromatic carbocycles. The highest BCUT2D eigenvalue weighted by molar-refractivity contribution is 5.78. The van der Waals surface area contributed by atoms with Crippen LogP contribution >= 0.6 is 0 Å². The molecule has 6 heteroatoms. The van der Waals surface area contributed by atoms with Crippen molar-refractivity contribution >= 4 is 5.91 Å². The summed E-state index contributed by atoms with van der Waals surface area (Å²) < 4.78 is 13.4. The van der Waals surface area contributed by atoms with Crippen LogP contribution in [-0.4, -0.2) is 52.9 Å². The predicted molar refractivity (Wildman–Crippen MR) is 115 cm³/mol. The minimum absolute atomic E-state index is 0.0701. The molecule has 30 heavy (non-hydrogen) atoms. The topological polar surface area (TPSA) is 48.5 Å². The number of carbonyl (C=O) groups excluding carboxylic acids is 1. The number of hydrogen-bond donors (Lipinski definition) is 1. The van der Waals surface area contributed by atoms with Gasteiger partial charge in [-0.05, 0) is 74.6 Å². The summed E-state index contributed by atoms with van der Waals surface area (Å²) in [5.41, 5.74) is 2.07. The average Bonchev–Trinajstić information content (AvgIpc) is 2.79. The van der Waals surface area contributed by atoms with E-state index in [0.29, 0.717) is 12.6 Å². The maximum Gasteiger partial charge on any atom is 0.224 e. The first-order valence-electron chi connectivity index (χ1n) is 11.0. The van der Waals surface area contributed by atoms with Crippen molar-refractivity contribution in [2.24, 2.45) is 5.92 Å². The van der Waals surface area contributed by atoms with Crippen LogP contribution in [0.3, 0.4) is 0 Å². The molecule has 1 aromatic heterocycles. The molecule has 0 saturated carbocycles. The number of rotatable bonds is 6. The first kappa shape index (κ1) is 20.9. The van der Waals surface area contributed by atoms with Crippen molar-refractivity contribution in [2.75, 3.05) is 26.2 Å². The van der Waals surface area contributed by atoms with Crippen LogP contribution in [-0.2, 0) is 17.9 Å². The smallest absolute Gasteiger partial charge is 0.224 e. The quantitative estimate of drug-likeness (QED) is 0.795. The van der Waals surface area contributed by atoms with Gasteiger partial charge in [-0.2, -0.15) is 0 Å². The Bertz CT molecular complexity index is 823. The second-order valence-electron chi connectivity index (χ2n) is 8.55. The number of carbonyl (C=O) groups is 1. The number of likely N-dealkylation sites (tertiary alicyclic amines) is 2. The fourth-order valence-corrected chi connectivity index (χ4v) is 4.72. The maximum absolute atomic E-state index is 13.4. The fraction of sp³-hybridized carbons (Fsp3) is 0.500. The zero-order valence-electron chi connectivity index (χ0n) is 17.5. The first-order chi connectivity index (χ1) is 14.7. The van der Waals surface area contributed by atoms with Crippen molar-refractivity contribution in [3.05, 3.63) is 65.7 Å². The third-order valence-corrected chi connectivity index (χ3v) is 6.38. The van der Waals surface area contributed by atoms with Gasteiger partial charge in [0.15, 0.2) is 0 Å². The van der Waals surface area contributed by atoms with Gasteiger partial charge in [0.1, 0.15) is 5.82 Å². The van der Waals surface area contributed by atoms with E-state index in [1.165, 1.54) is 6.07 Å². The summed E-state index contributed by atoms with van der Waals surface area (Å²) in [6.07, 6.45) is 7.81. The Morgan fingerprint density at radius 2 is 1.93 bits per heavy atom. The van der Waals surface area contributed by atoms with Gasteiger partial charge >= 0.3 is 0 Å². The normalized spacial score (nSPS) is 21.4. The number of halogens is 1. The monoisotopic (exact) mass is 410 g/mol. The zero-order chi connectivity index (χ0) is 20.8. The molecule has 1 atom stereocenters. The van der Waals surface area contributed by atoms with Crippen molar-refractivity contribution in [1.82, 2.24) is 20.1 Å². The second kappa shape index (κ2) is 10.1. The third-order valence-electron chi connectivity index (χ3n) is 6.38. The number of aromatic nitrogens is 1. The Kier molecular flexibility index (Phi) is 7.07. The third kappa shape index (κ3) is 5.64. The minimum Gasteiger partial charge on any atom is -0.352 e. The molecule has 2 aliphatic heterocycles. The maximum atomic E-state index is 13.4. The van der Waals surface area contributed by atoms with Gasteiger partial charge in [-0.15, -0.1) is 0 Å². The van der Waals surface area contributed by atoms with Crippen LogP contribution in [0.15, 0.2) is 48.8 Å². The molecule has 0 radical (unpaired) electrons. The number of piperidine rings is 2. The summed E-state index contributed by atoms with van der Waals surface area (Å²) >= 11 is 0. The van der Waals surface area contributed by atoms with E-state index in [1.54, 1.807) is 24.5 Å². The van der Waals surface area contributed by atoms with Crippen molar-refractivity contribution in [3.8, 4) is 0 Å².